The van der Waals surface area contributed by atoms with Crippen LogP contribution in [0.25, 0.3) is 0 Å². The van der Waals surface area contributed by atoms with Gasteiger partial charge in [0.1, 0.15) is 23.6 Å². The number of rotatable bonds is 22. The van der Waals surface area contributed by atoms with E-state index in [0.29, 0.717) is 26.1 Å². The Labute approximate surface area is 196 Å². The average molecular weight is 457 g/mol. The Morgan fingerprint density at radius 1 is 0.594 bits per heavy atom. The lowest BCUT2D eigenvalue weighted by molar-refractivity contribution is -0.144. The summed E-state index contributed by atoms with van der Waals surface area (Å²) < 4.78 is 16.5. The molecule has 0 heterocycles. The molecule has 32 heavy (non-hydrogen) atoms. The summed E-state index contributed by atoms with van der Waals surface area (Å²) in [7, 11) is 1.51. The summed E-state index contributed by atoms with van der Waals surface area (Å²) >= 11 is 0. The normalized spacial score (nSPS) is 12.2. The van der Waals surface area contributed by atoms with E-state index >= 15 is 0 Å². The fraction of sp³-hybridized carbons (Fsp3) is 0.885. The first kappa shape index (κ1) is 30.9. The Balaban J connectivity index is 3.70. The highest BCUT2D eigenvalue weighted by Crippen LogP contribution is 2.18. The molecular weight excluding hydrogens is 408 g/mol. The van der Waals surface area contributed by atoms with Gasteiger partial charge in [-0.05, 0) is 60.3 Å². The number of methoxy groups -OCH3 is 1. The van der Waals surface area contributed by atoms with Crippen molar-refractivity contribution in [3.8, 4) is 0 Å². The molecule has 0 aliphatic rings. The van der Waals surface area contributed by atoms with Crippen LogP contribution in [0, 0.1) is 0 Å². The quantitative estimate of drug-likeness (QED) is 0.196. The second-order valence-corrected chi connectivity index (χ2v) is 9.73. The lowest BCUT2D eigenvalue weighted by Crippen LogP contribution is -2.37. The molecule has 6 heteroatoms. The zero-order valence-electron chi connectivity index (χ0n) is 21.6. The molecule has 0 unspecified atom stereocenters. The summed E-state index contributed by atoms with van der Waals surface area (Å²) in [6.45, 7) is 10.2. The number of Topliss-reactive ketones (excluding diaryl/α,β-unsaturated/α-hetero) is 3. The first-order valence-electron chi connectivity index (χ1n) is 12.4. The molecule has 0 spiro atoms. The van der Waals surface area contributed by atoms with E-state index in [1.54, 1.807) is 20.8 Å². The van der Waals surface area contributed by atoms with Crippen molar-refractivity contribution in [2.75, 3.05) is 26.9 Å². The summed E-state index contributed by atoms with van der Waals surface area (Å²) in [6, 6.07) is 0. The molecule has 0 rings (SSSR count). The molecule has 0 fully saturated rings. The van der Waals surface area contributed by atoms with Gasteiger partial charge in [-0.2, -0.15) is 0 Å². The smallest absolute Gasteiger partial charge is 0.189 e. The van der Waals surface area contributed by atoms with E-state index in [4.69, 9.17) is 14.2 Å². The van der Waals surface area contributed by atoms with Crippen molar-refractivity contribution in [2.45, 2.75) is 123 Å². The van der Waals surface area contributed by atoms with Crippen LogP contribution >= 0.6 is 0 Å². The van der Waals surface area contributed by atoms with Gasteiger partial charge in [-0.1, -0.05) is 38.5 Å². The molecule has 6 nitrogen and oxygen atoms in total. The zero-order valence-corrected chi connectivity index (χ0v) is 21.6. The largest absolute Gasteiger partial charge is 0.377 e. The monoisotopic (exact) mass is 456 g/mol. The molecule has 0 amide bonds. The van der Waals surface area contributed by atoms with Crippen LogP contribution in [0.3, 0.4) is 0 Å². The highest BCUT2D eigenvalue weighted by atomic mass is 16.5. The highest BCUT2D eigenvalue weighted by molar-refractivity contribution is 5.87. The van der Waals surface area contributed by atoms with Gasteiger partial charge in [0.05, 0.1) is 0 Å². The van der Waals surface area contributed by atoms with Crippen molar-refractivity contribution in [2.24, 2.45) is 0 Å². The van der Waals surface area contributed by atoms with Crippen molar-refractivity contribution in [3.63, 3.8) is 0 Å². The lowest BCUT2D eigenvalue weighted by Gasteiger charge is -2.24. The molecule has 0 saturated heterocycles. The fourth-order valence-electron chi connectivity index (χ4n) is 3.35. The molecular formula is C26H48O6. The molecule has 0 aliphatic heterocycles. The number of carbonyl (C=O) groups excluding carboxylic acids is 3. The van der Waals surface area contributed by atoms with Gasteiger partial charge in [0.2, 0.25) is 0 Å². The Kier molecular flexibility index (Phi) is 16.8. The van der Waals surface area contributed by atoms with Crippen molar-refractivity contribution in [1.82, 2.24) is 0 Å². The Morgan fingerprint density at radius 3 is 1.47 bits per heavy atom. The minimum absolute atomic E-state index is 0.0360. The van der Waals surface area contributed by atoms with Gasteiger partial charge in [0, 0.05) is 33.2 Å². The molecule has 0 aromatic rings. The molecule has 0 saturated carbocycles. The average Bonchev–Trinajstić information content (AvgIpc) is 2.71. The van der Waals surface area contributed by atoms with E-state index in [-0.39, 0.29) is 24.0 Å². The van der Waals surface area contributed by atoms with Crippen LogP contribution in [0.4, 0.5) is 0 Å². The maximum absolute atomic E-state index is 12.4. The molecule has 0 aromatic heterocycles. The number of hydrogen-bond donors (Lipinski definition) is 0. The minimum atomic E-state index is -0.785. The SMILES string of the molecule is COCC(=O)C(C)(C)OCCCCCCCCOC(C)(C)C(=O)CCCCCCC(C)=O. The molecule has 0 aromatic carbocycles. The van der Waals surface area contributed by atoms with Crippen LogP contribution in [-0.2, 0) is 28.6 Å². The van der Waals surface area contributed by atoms with Crippen molar-refractivity contribution in [1.29, 1.82) is 0 Å². The second-order valence-electron chi connectivity index (χ2n) is 9.73. The lowest BCUT2D eigenvalue weighted by atomic mass is 9.97. The third-order valence-electron chi connectivity index (χ3n) is 5.77. The van der Waals surface area contributed by atoms with Crippen LogP contribution in [0.2, 0.25) is 0 Å². The molecule has 188 valence electrons. The first-order chi connectivity index (χ1) is 15.0. The van der Waals surface area contributed by atoms with Crippen LogP contribution < -0.4 is 0 Å². The van der Waals surface area contributed by atoms with E-state index in [9.17, 15) is 14.4 Å². The van der Waals surface area contributed by atoms with E-state index in [1.807, 2.05) is 13.8 Å². The second kappa shape index (κ2) is 17.4. The predicted molar refractivity (Wildman–Crippen MR) is 128 cm³/mol. The molecule has 0 radical (unpaired) electrons. The van der Waals surface area contributed by atoms with Gasteiger partial charge >= 0.3 is 0 Å². The summed E-state index contributed by atoms with van der Waals surface area (Å²) in [5, 5.41) is 0. The maximum atomic E-state index is 12.4. The molecule has 0 bridgehead atoms. The highest BCUT2D eigenvalue weighted by Gasteiger charge is 2.28. The summed E-state index contributed by atoms with van der Waals surface area (Å²) in [6.07, 6.45) is 11.3. The molecule has 0 N–H and O–H groups in total. The summed E-state index contributed by atoms with van der Waals surface area (Å²) in [5.41, 5.74) is -1.50. The van der Waals surface area contributed by atoms with Gasteiger partial charge < -0.3 is 19.0 Å². The Bertz CT molecular complexity index is 538. The minimum Gasteiger partial charge on any atom is -0.377 e. The van der Waals surface area contributed by atoms with Gasteiger partial charge in [0.15, 0.2) is 11.6 Å². The van der Waals surface area contributed by atoms with Gasteiger partial charge in [0.25, 0.3) is 0 Å². The third-order valence-corrected chi connectivity index (χ3v) is 5.77. The number of unbranched alkanes of at least 4 members (excludes halogenated alkanes) is 8. The van der Waals surface area contributed by atoms with E-state index in [1.165, 1.54) is 7.11 Å². The predicted octanol–water partition coefficient (Wildman–Crippen LogP) is 5.63. The van der Waals surface area contributed by atoms with E-state index in [2.05, 4.69) is 0 Å². The van der Waals surface area contributed by atoms with Gasteiger partial charge in [-0.25, -0.2) is 0 Å². The van der Waals surface area contributed by atoms with Crippen LogP contribution in [0.1, 0.15) is 112 Å². The first-order valence-corrected chi connectivity index (χ1v) is 12.4. The number of ether oxygens (including phenoxy) is 3. The topological polar surface area (TPSA) is 78.9 Å². The van der Waals surface area contributed by atoms with Crippen LogP contribution in [-0.4, -0.2) is 55.5 Å². The van der Waals surface area contributed by atoms with Crippen LogP contribution in [0.15, 0.2) is 0 Å². The third kappa shape index (κ3) is 15.7. The van der Waals surface area contributed by atoms with Crippen LogP contribution in [0.5, 0.6) is 0 Å². The Hall–Kier alpha value is -1.11. The maximum Gasteiger partial charge on any atom is 0.189 e. The molecule has 0 aliphatic carbocycles. The standard InChI is InChI=1S/C26H48O6/c1-22(27)17-13-9-10-14-18-23(28)25(2,3)31-19-15-11-7-8-12-16-20-32-26(4,5)24(29)21-30-6/h7-21H2,1-6H3. The Morgan fingerprint density at radius 2 is 1.00 bits per heavy atom. The van der Waals surface area contributed by atoms with Gasteiger partial charge in [-0.15, -0.1) is 0 Å². The fourth-order valence-corrected chi connectivity index (χ4v) is 3.35. The zero-order chi connectivity index (χ0) is 24.5. The summed E-state index contributed by atoms with van der Waals surface area (Å²) in [5.74, 6) is 0.363. The summed E-state index contributed by atoms with van der Waals surface area (Å²) in [4.78, 5) is 35.2. The van der Waals surface area contributed by atoms with E-state index < -0.39 is 11.2 Å². The number of ketones is 3. The van der Waals surface area contributed by atoms with Gasteiger partial charge in [-0.3, -0.25) is 9.59 Å². The van der Waals surface area contributed by atoms with Crippen molar-refractivity contribution < 1.29 is 28.6 Å². The van der Waals surface area contributed by atoms with Crippen molar-refractivity contribution >= 4 is 17.3 Å². The van der Waals surface area contributed by atoms with E-state index in [0.717, 1.165) is 64.2 Å². The molecule has 0 atom stereocenters. The number of hydrogen-bond acceptors (Lipinski definition) is 6. The van der Waals surface area contributed by atoms with Crippen molar-refractivity contribution in [3.05, 3.63) is 0 Å². The number of carbonyl (C=O) groups is 3.